The minimum absolute atomic E-state index is 0.0669. The van der Waals surface area contributed by atoms with E-state index in [1.54, 1.807) is 0 Å². The number of rotatable bonds is 5. The summed E-state index contributed by atoms with van der Waals surface area (Å²) >= 11 is 13.2. The summed E-state index contributed by atoms with van der Waals surface area (Å²) in [5.41, 5.74) is -0.0755. The molecular formula is C19H16Cl2F4N4O3S2. The van der Waals surface area contributed by atoms with Gasteiger partial charge < -0.3 is 4.90 Å². The number of hydrogen-bond acceptors (Lipinski definition) is 6. The second-order valence-corrected chi connectivity index (χ2v) is 10.8. The smallest absolute Gasteiger partial charge is 0.337 e. The van der Waals surface area contributed by atoms with Gasteiger partial charge in [-0.1, -0.05) is 29.3 Å². The van der Waals surface area contributed by atoms with Gasteiger partial charge in [0.1, 0.15) is 28.9 Å². The molecule has 1 aliphatic rings. The van der Waals surface area contributed by atoms with Crippen LogP contribution >= 0.6 is 34.5 Å². The van der Waals surface area contributed by atoms with Gasteiger partial charge in [-0.25, -0.2) is 17.8 Å². The van der Waals surface area contributed by atoms with E-state index in [4.69, 9.17) is 23.2 Å². The standard InChI is InChI=1S/C19H16Cl2F4N4O3S2/c1-9(19(23,24)25)28-34(31,32)12-3-2-11(14(20)15(12)21)17-16(27-13(8-26)33-17)18(30)29-6-4-10(22)5-7-29/h2-3,9-10,28H,4-7H2,1H3. The third-order valence-corrected chi connectivity index (χ3v) is 8.61. The van der Waals surface area contributed by atoms with Crippen molar-refractivity contribution in [3.63, 3.8) is 0 Å². The van der Waals surface area contributed by atoms with Crippen molar-refractivity contribution in [2.45, 2.75) is 43.1 Å². The van der Waals surface area contributed by atoms with E-state index in [0.29, 0.717) is 6.92 Å². The van der Waals surface area contributed by atoms with E-state index in [0.717, 1.165) is 17.4 Å². The number of benzene rings is 1. The summed E-state index contributed by atoms with van der Waals surface area (Å²) in [6.07, 6.45) is -5.55. The molecule has 0 radical (unpaired) electrons. The molecule has 1 aromatic heterocycles. The average Bonchev–Trinajstić information content (AvgIpc) is 3.18. The zero-order valence-electron chi connectivity index (χ0n) is 17.3. The van der Waals surface area contributed by atoms with Crippen LogP contribution in [0, 0.1) is 11.3 Å². The Balaban J connectivity index is 2.02. The van der Waals surface area contributed by atoms with Crippen LogP contribution in [0.3, 0.4) is 0 Å². The van der Waals surface area contributed by atoms with E-state index < -0.39 is 44.2 Å². The minimum Gasteiger partial charge on any atom is -0.337 e. The molecule has 2 heterocycles. The molecule has 1 amide bonds. The van der Waals surface area contributed by atoms with Crippen LogP contribution < -0.4 is 4.72 Å². The number of thiazole rings is 1. The third kappa shape index (κ3) is 5.46. The van der Waals surface area contributed by atoms with Gasteiger partial charge >= 0.3 is 6.18 Å². The van der Waals surface area contributed by atoms with Crippen molar-refractivity contribution in [3.05, 3.63) is 32.9 Å². The molecule has 1 aliphatic heterocycles. The Kier molecular flexibility index (Phi) is 7.79. The van der Waals surface area contributed by atoms with Crippen LogP contribution in [0.4, 0.5) is 17.6 Å². The third-order valence-electron chi connectivity index (χ3n) is 5.04. The number of amides is 1. The second-order valence-electron chi connectivity index (χ2n) is 7.40. The Morgan fingerprint density at radius 3 is 2.47 bits per heavy atom. The minimum atomic E-state index is -4.83. The molecule has 184 valence electrons. The fraction of sp³-hybridized carbons (Fsp3) is 0.421. The zero-order valence-corrected chi connectivity index (χ0v) is 20.4. The van der Waals surface area contributed by atoms with Crippen molar-refractivity contribution in [1.82, 2.24) is 14.6 Å². The van der Waals surface area contributed by atoms with Crippen LogP contribution in [0.2, 0.25) is 10.0 Å². The monoisotopic (exact) mass is 558 g/mol. The molecule has 1 aromatic carbocycles. The fourth-order valence-electron chi connectivity index (χ4n) is 3.17. The molecule has 1 saturated heterocycles. The summed E-state index contributed by atoms with van der Waals surface area (Å²) in [5.74, 6) is -0.566. The van der Waals surface area contributed by atoms with Gasteiger partial charge in [-0.15, -0.1) is 11.3 Å². The molecule has 1 fully saturated rings. The first kappa shape index (κ1) is 26.6. The first-order valence-electron chi connectivity index (χ1n) is 9.68. The molecule has 1 atom stereocenters. The number of halogens is 6. The lowest BCUT2D eigenvalue weighted by atomic mass is 10.1. The number of carbonyl (C=O) groups excluding carboxylic acids is 1. The van der Waals surface area contributed by atoms with Crippen molar-refractivity contribution in [2.24, 2.45) is 0 Å². The molecule has 2 aromatic rings. The number of nitrogens with zero attached hydrogens (tertiary/aromatic N) is 3. The molecule has 0 aliphatic carbocycles. The number of nitriles is 1. The normalized spacial score (nSPS) is 16.4. The Bertz CT molecular complexity index is 1250. The van der Waals surface area contributed by atoms with E-state index in [2.05, 4.69) is 4.98 Å². The Hall–Kier alpha value is -1.98. The molecular weight excluding hydrogens is 543 g/mol. The van der Waals surface area contributed by atoms with Gasteiger partial charge in [0.15, 0.2) is 5.01 Å². The Morgan fingerprint density at radius 1 is 1.29 bits per heavy atom. The summed E-state index contributed by atoms with van der Waals surface area (Å²) in [6, 6.07) is 1.55. The molecule has 1 unspecified atom stereocenters. The predicted octanol–water partition coefficient (Wildman–Crippen LogP) is 4.79. The van der Waals surface area contributed by atoms with E-state index >= 15 is 0 Å². The quantitative estimate of drug-likeness (QED) is 0.531. The molecule has 15 heteroatoms. The molecule has 3 rings (SSSR count). The Labute approximate surface area is 206 Å². The van der Waals surface area contributed by atoms with E-state index in [9.17, 15) is 36.0 Å². The van der Waals surface area contributed by atoms with Crippen molar-refractivity contribution in [3.8, 4) is 16.5 Å². The topological polar surface area (TPSA) is 103 Å². The van der Waals surface area contributed by atoms with Crippen LogP contribution in [0.15, 0.2) is 17.0 Å². The van der Waals surface area contributed by atoms with Gasteiger partial charge in [0.25, 0.3) is 5.91 Å². The van der Waals surface area contributed by atoms with E-state index in [-0.39, 0.29) is 52.1 Å². The maximum Gasteiger partial charge on any atom is 0.404 e. The molecule has 0 spiro atoms. The highest BCUT2D eigenvalue weighted by molar-refractivity contribution is 7.89. The number of hydrogen-bond donors (Lipinski definition) is 1. The van der Waals surface area contributed by atoms with Crippen molar-refractivity contribution in [1.29, 1.82) is 5.26 Å². The number of carbonyl (C=O) groups is 1. The van der Waals surface area contributed by atoms with Gasteiger partial charge in [0, 0.05) is 18.7 Å². The first-order chi connectivity index (χ1) is 15.8. The number of sulfonamides is 1. The lowest BCUT2D eigenvalue weighted by molar-refractivity contribution is -0.147. The van der Waals surface area contributed by atoms with Gasteiger partial charge in [-0.05, 0) is 25.8 Å². The number of piperidine rings is 1. The van der Waals surface area contributed by atoms with Crippen LogP contribution in [0.25, 0.3) is 10.4 Å². The Morgan fingerprint density at radius 2 is 1.91 bits per heavy atom. The summed E-state index contributed by atoms with van der Waals surface area (Å²) in [6.45, 7) is 0.924. The maximum absolute atomic E-state index is 13.5. The van der Waals surface area contributed by atoms with Crippen molar-refractivity contribution < 1.29 is 30.8 Å². The van der Waals surface area contributed by atoms with E-state index in [1.807, 2.05) is 6.07 Å². The average molecular weight is 559 g/mol. The van der Waals surface area contributed by atoms with Crippen LogP contribution in [0.1, 0.15) is 35.3 Å². The predicted molar refractivity (Wildman–Crippen MR) is 118 cm³/mol. The number of aromatic nitrogens is 1. The molecule has 7 nitrogen and oxygen atoms in total. The fourth-order valence-corrected chi connectivity index (χ4v) is 6.21. The van der Waals surface area contributed by atoms with Crippen molar-refractivity contribution >= 4 is 50.5 Å². The summed E-state index contributed by atoms with van der Waals surface area (Å²) in [4.78, 5) is 17.9. The number of nitrogens with one attached hydrogen (secondary N) is 1. The van der Waals surface area contributed by atoms with E-state index in [1.165, 1.54) is 15.7 Å². The van der Waals surface area contributed by atoms with Gasteiger partial charge in [-0.2, -0.15) is 23.2 Å². The highest BCUT2D eigenvalue weighted by Gasteiger charge is 2.39. The summed E-state index contributed by atoms with van der Waals surface area (Å²) in [5, 5.41) is 8.26. The highest BCUT2D eigenvalue weighted by atomic mass is 35.5. The summed E-state index contributed by atoms with van der Waals surface area (Å²) in [7, 11) is -4.70. The lowest BCUT2D eigenvalue weighted by Crippen LogP contribution is -2.43. The van der Waals surface area contributed by atoms with Gasteiger partial charge in [0.05, 0.1) is 14.9 Å². The molecule has 34 heavy (non-hydrogen) atoms. The van der Waals surface area contributed by atoms with Gasteiger partial charge in [0.2, 0.25) is 10.0 Å². The molecule has 0 saturated carbocycles. The van der Waals surface area contributed by atoms with Crippen molar-refractivity contribution in [2.75, 3.05) is 13.1 Å². The molecule has 0 bridgehead atoms. The zero-order chi connectivity index (χ0) is 25.4. The van der Waals surface area contributed by atoms with Crippen LogP contribution in [0.5, 0.6) is 0 Å². The van der Waals surface area contributed by atoms with Gasteiger partial charge in [-0.3, -0.25) is 4.79 Å². The first-order valence-corrected chi connectivity index (χ1v) is 12.7. The number of likely N-dealkylation sites (tertiary alicyclic amines) is 1. The lowest BCUT2D eigenvalue weighted by Gasteiger charge is -2.28. The SMILES string of the molecule is CC(NS(=O)(=O)c1ccc(-c2sc(C#N)nc2C(=O)N2CCC(F)CC2)c(Cl)c1Cl)C(F)(F)F. The van der Waals surface area contributed by atoms with Crippen LogP contribution in [-0.4, -0.2) is 55.7 Å². The largest absolute Gasteiger partial charge is 0.404 e. The van der Waals surface area contributed by atoms with Crippen LogP contribution in [-0.2, 0) is 10.0 Å². The highest BCUT2D eigenvalue weighted by Crippen LogP contribution is 2.42. The maximum atomic E-state index is 13.5. The number of alkyl halides is 4. The summed E-state index contributed by atoms with van der Waals surface area (Å²) < 4.78 is 78.3. The molecule has 1 N–H and O–H groups in total. The second kappa shape index (κ2) is 9.94.